The summed E-state index contributed by atoms with van der Waals surface area (Å²) < 4.78 is 10.3. The lowest BCUT2D eigenvalue weighted by Gasteiger charge is -2.23. The van der Waals surface area contributed by atoms with Crippen LogP contribution in [0.3, 0.4) is 0 Å². The predicted octanol–water partition coefficient (Wildman–Crippen LogP) is 4.61. The number of furan rings is 1. The zero-order valence-corrected chi connectivity index (χ0v) is 35.0. The van der Waals surface area contributed by atoms with Gasteiger partial charge in [-0.2, -0.15) is 11.3 Å². The van der Waals surface area contributed by atoms with Crippen LogP contribution in [0.15, 0.2) is 73.2 Å². The van der Waals surface area contributed by atoms with Crippen LogP contribution in [0.1, 0.15) is 66.9 Å². The van der Waals surface area contributed by atoms with Gasteiger partial charge in [-0.25, -0.2) is 19.9 Å². The van der Waals surface area contributed by atoms with Crippen molar-refractivity contribution < 1.29 is 23.2 Å². The first-order valence-electron chi connectivity index (χ1n) is 18.4. The summed E-state index contributed by atoms with van der Waals surface area (Å²) in [5.74, 6) is 0.855. The Morgan fingerprint density at radius 3 is 1.54 bits per heavy atom. The monoisotopic (exact) mass is 848 g/mol. The van der Waals surface area contributed by atoms with Crippen molar-refractivity contribution in [3.63, 3.8) is 0 Å². The Morgan fingerprint density at radius 1 is 0.649 bits per heavy atom. The number of nitrogens with one attached hydrogen (secondary N) is 3. The largest absolute Gasteiger partial charge is 0.472 e. The van der Waals surface area contributed by atoms with Crippen molar-refractivity contribution in [3.8, 4) is 0 Å². The van der Waals surface area contributed by atoms with Gasteiger partial charge in [-0.15, -0.1) is 34.0 Å². The van der Waals surface area contributed by atoms with Gasteiger partial charge in [-0.05, 0) is 49.6 Å². The molecule has 6 aromatic heterocycles. The number of thiophene rings is 1. The maximum Gasteiger partial charge on any atom is 0.245 e. The Morgan fingerprint density at radius 2 is 1.14 bits per heavy atom. The van der Waals surface area contributed by atoms with Crippen LogP contribution in [0, 0.1) is 0 Å². The zero-order valence-electron chi connectivity index (χ0n) is 31.8. The lowest BCUT2D eigenvalue weighted by atomic mass is 10.2. The zero-order chi connectivity index (χ0) is 39.7. The maximum atomic E-state index is 12.6. The fourth-order valence-corrected chi connectivity index (χ4v) is 10.5. The quantitative estimate of drug-likeness (QED) is 0.185. The van der Waals surface area contributed by atoms with Gasteiger partial charge in [0.1, 0.15) is 24.4 Å². The molecular formula is C38H44N10O5S4. The van der Waals surface area contributed by atoms with Gasteiger partial charge < -0.3 is 39.5 Å². The highest BCUT2D eigenvalue weighted by molar-refractivity contribution is 7.10. The average Bonchev–Trinajstić information content (AvgIpc) is 4.08. The molecule has 3 aliphatic heterocycles. The fraction of sp³-hybridized carbons (Fsp3) is 0.395. The van der Waals surface area contributed by atoms with E-state index in [2.05, 4.69) is 47.3 Å². The molecule has 3 unspecified atom stereocenters. The number of hydrogen-bond acceptors (Lipinski definition) is 16. The number of oxazole rings is 1. The minimum Gasteiger partial charge on any atom is -0.472 e. The average molecular weight is 849 g/mol. The molecule has 0 aromatic carbocycles. The molecule has 15 nitrogen and oxygen atoms in total. The van der Waals surface area contributed by atoms with Gasteiger partial charge in [0.25, 0.3) is 0 Å². The Bertz CT molecular complexity index is 1940. The van der Waals surface area contributed by atoms with E-state index in [9.17, 15) is 14.4 Å². The molecule has 9 rings (SSSR count). The minimum atomic E-state index is -0.319. The van der Waals surface area contributed by atoms with Crippen molar-refractivity contribution >= 4 is 63.1 Å². The van der Waals surface area contributed by atoms with Crippen LogP contribution in [-0.4, -0.2) is 93.1 Å². The van der Waals surface area contributed by atoms with Gasteiger partial charge in [0.2, 0.25) is 23.6 Å². The topological polar surface area (TPSA) is 175 Å². The molecule has 3 N–H and O–H groups in total. The van der Waals surface area contributed by atoms with E-state index in [4.69, 9.17) is 8.83 Å². The molecule has 0 spiro atoms. The molecule has 0 saturated heterocycles. The van der Waals surface area contributed by atoms with Gasteiger partial charge in [0.05, 0.1) is 73.5 Å². The molecule has 0 aliphatic carbocycles. The van der Waals surface area contributed by atoms with Crippen molar-refractivity contribution in [2.45, 2.75) is 57.0 Å². The molecule has 3 aliphatic rings. The second kappa shape index (κ2) is 19.2. The van der Waals surface area contributed by atoms with Crippen molar-refractivity contribution in [2.75, 3.05) is 40.8 Å². The van der Waals surface area contributed by atoms with Crippen LogP contribution in [0.25, 0.3) is 0 Å². The number of rotatable bonds is 9. The highest BCUT2D eigenvalue weighted by Gasteiger charge is 2.34. The molecule has 300 valence electrons. The number of amides is 3. The Hall–Kier alpha value is -4.63. The molecule has 6 aromatic rings. The van der Waals surface area contributed by atoms with Crippen LogP contribution in [0.4, 0.5) is 0 Å². The molecule has 0 saturated carbocycles. The van der Waals surface area contributed by atoms with Gasteiger partial charge in [0.15, 0.2) is 0 Å². The summed E-state index contributed by atoms with van der Waals surface area (Å²) in [6, 6.07) is 3.12. The molecule has 19 heteroatoms. The van der Waals surface area contributed by atoms with Gasteiger partial charge >= 0.3 is 0 Å². The second-order valence-electron chi connectivity index (χ2n) is 13.4. The summed E-state index contributed by atoms with van der Waals surface area (Å²) in [6.07, 6.45) is 8.83. The van der Waals surface area contributed by atoms with Crippen molar-refractivity contribution in [1.29, 1.82) is 0 Å². The van der Waals surface area contributed by atoms with Gasteiger partial charge in [-0.1, -0.05) is 0 Å². The molecule has 57 heavy (non-hydrogen) atoms. The van der Waals surface area contributed by atoms with E-state index in [1.165, 1.54) is 23.2 Å². The number of fused-ring (bicyclic) bond motifs is 3. The number of carbonyl (C=O) groups is 3. The number of likely N-dealkylation sites (N-methyl/N-ethyl adjacent to an activating group) is 3. The molecule has 0 radical (unpaired) electrons. The maximum absolute atomic E-state index is 12.6. The third kappa shape index (κ3) is 9.41. The Kier molecular flexibility index (Phi) is 13.7. The third-order valence-electron chi connectivity index (χ3n) is 9.92. The minimum absolute atomic E-state index is 0.0451. The number of carbonyl (C=O) groups excluding carboxylic acids is 3. The van der Waals surface area contributed by atoms with E-state index in [0.29, 0.717) is 38.6 Å². The van der Waals surface area contributed by atoms with E-state index in [-0.39, 0.29) is 35.8 Å². The van der Waals surface area contributed by atoms with Crippen LogP contribution < -0.4 is 16.0 Å². The lowest BCUT2D eigenvalue weighted by Crippen LogP contribution is -2.38. The van der Waals surface area contributed by atoms with E-state index in [1.807, 2.05) is 46.4 Å². The van der Waals surface area contributed by atoms with Crippen LogP contribution >= 0.6 is 45.3 Å². The highest BCUT2D eigenvalue weighted by atomic mass is 32.1. The number of hydrogen-bond donors (Lipinski definition) is 3. The number of thiazole rings is 3. The SMILES string of the molecule is CNC1C(=O)N(Cc2ccoc2)CCc2ncsc21.CNC1C(=O)N(Cc2ccsc2)CCc2ncsc21.CNC1C(=O)N(Cc2ncco2)CCc2ncsc21. The smallest absolute Gasteiger partial charge is 0.245 e. The first-order valence-corrected chi connectivity index (χ1v) is 22.0. The predicted molar refractivity (Wildman–Crippen MR) is 219 cm³/mol. The van der Waals surface area contributed by atoms with Crippen molar-refractivity contribution in [2.24, 2.45) is 0 Å². The molecule has 0 bridgehead atoms. The summed E-state index contributed by atoms with van der Waals surface area (Å²) in [5.41, 5.74) is 10.8. The summed E-state index contributed by atoms with van der Waals surface area (Å²) >= 11 is 6.30. The molecule has 0 fully saturated rings. The highest BCUT2D eigenvalue weighted by Crippen LogP contribution is 2.31. The number of aromatic nitrogens is 4. The second-order valence-corrected chi connectivity index (χ2v) is 16.8. The first kappa shape index (κ1) is 40.6. The van der Waals surface area contributed by atoms with Crippen molar-refractivity contribution in [1.82, 2.24) is 50.6 Å². The van der Waals surface area contributed by atoms with E-state index >= 15 is 0 Å². The van der Waals surface area contributed by atoms with Crippen molar-refractivity contribution in [3.05, 3.63) is 113 Å². The van der Waals surface area contributed by atoms with E-state index < -0.39 is 0 Å². The molecule has 3 amide bonds. The molecule has 3 atom stereocenters. The summed E-state index contributed by atoms with van der Waals surface area (Å²) in [6.45, 7) is 3.75. The first-order chi connectivity index (χ1) is 27.9. The van der Waals surface area contributed by atoms with Gasteiger partial charge in [-0.3, -0.25) is 14.4 Å². The van der Waals surface area contributed by atoms with Crippen LogP contribution in [-0.2, 0) is 53.3 Å². The molecule has 9 heterocycles. The van der Waals surface area contributed by atoms with Crippen LogP contribution in [0.2, 0.25) is 0 Å². The Balaban J connectivity index is 0.000000131. The van der Waals surface area contributed by atoms with Gasteiger partial charge in [0, 0.05) is 57.5 Å². The standard InChI is InChI=1S/C13H15N3O2S.C13H15N3OS2.C12H14N4O2S/c2*1-14-11-12-10(15-8-19-12)2-4-16(13(11)17)6-9-3-5-18-7-9;1-13-10-11-8(15-7-19-11)2-4-16(12(10)17)6-9-14-3-5-18-9/h2*3,5,7-8,11,14H,2,4,6H2,1H3;3,5,7,10,13H,2,4,6H2,1H3. The van der Waals surface area contributed by atoms with E-state index in [1.54, 1.807) is 70.2 Å². The fourth-order valence-electron chi connectivity index (χ4n) is 6.97. The summed E-state index contributed by atoms with van der Waals surface area (Å²) in [4.78, 5) is 63.6. The Labute approximate surface area is 346 Å². The molecular weight excluding hydrogens is 805 g/mol. The third-order valence-corrected chi connectivity index (χ3v) is 13.5. The summed E-state index contributed by atoms with van der Waals surface area (Å²) in [5, 5.41) is 13.4. The van der Waals surface area contributed by atoms with E-state index in [0.717, 1.165) is 63.1 Å². The number of nitrogens with zero attached hydrogens (tertiary/aromatic N) is 7. The summed E-state index contributed by atoms with van der Waals surface area (Å²) in [7, 11) is 5.44. The van der Waals surface area contributed by atoms with Crippen LogP contribution in [0.5, 0.6) is 0 Å². The normalized spacial score (nSPS) is 19.3. The lowest BCUT2D eigenvalue weighted by molar-refractivity contribution is -0.134.